The zero-order valence-electron chi connectivity index (χ0n) is 9.60. The first-order valence-corrected chi connectivity index (χ1v) is 6.26. The van der Waals surface area contributed by atoms with Gasteiger partial charge in [-0.15, -0.1) is 5.10 Å². The van der Waals surface area contributed by atoms with Crippen LogP contribution in [0.5, 0.6) is 0 Å². The van der Waals surface area contributed by atoms with Crippen molar-refractivity contribution in [1.29, 1.82) is 0 Å². The number of hydrogen-bond donors (Lipinski definition) is 1. The van der Waals surface area contributed by atoms with Gasteiger partial charge in [-0.1, -0.05) is 5.10 Å². The van der Waals surface area contributed by atoms with E-state index < -0.39 is 0 Å². The van der Waals surface area contributed by atoms with Gasteiger partial charge in [0, 0.05) is 18.8 Å². The van der Waals surface area contributed by atoms with Crippen molar-refractivity contribution >= 4 is 17.8 Å². The van der Waals surface area contributed by atoms with E-state index in [1.807, 2.05) is 18.9 Å². The van der Waals surface area contributed by atoms with Crippen LogP contribution in [0.4, 0.5) is 6.01 Å². The minimum absolute atomic E-state index is 0.212. The molecule has 2 atom stereocenters. The molecule has 0 radical (unpaired) electrons. The topological polar surface area (TPSA) is 68.2 Å². The van der Waals surface area contributed by atoms with E-state index in [2.05, 4.69) is 23.4 Å². The molecule has 1 aromatic heterocycles. The van der Waals surface area contributed by atoms with Crippen LogP contribution in [0.25, 0.3) is 0 Å². The van der Waals surface area contributed by atoms with E-state index in [1.165, 1.54) is 0 Å². The van der Waals surface area contributed by atoms with Gasteiger partial charge in [-0.25, -0.2) is 0 Å². The predicted molar refractivity (Wildman–Crippen MR) is 63.1 cm³/mol. The van der Waals surface area contributed by atoms with Crippen LogP contribution in [0.15, 0.2) is 4.42 Å². The minimum atomic E-state index is -0.212. The largest absolute Gasteiger partial charge is 0.406 e. The second-order valence-corrected chi connectivity index (χ2v) is 4.54. The number of nitrogens with two attached hydrogens (primary N) is 1. The summed E-state index contributed by atoms with van der Waals surface area (Å²) in [7, 11) is 1.94. The molecule has 6 heteroatoms. The standard InChI is InChI=1S/C9H18N4OS/c1-6(5-15-4)13(3)9-12-11-8(14-9)7(2)10/h6-7H,5,10H2,1-4H3. The maximum Gasteiger partial charge on any atom is 0.318 e. The van der Waals surface area contributed by atoms with E-state index in [0.29, 0.717) is 17.9 Å². The van der Waals surface area contributed by atoms with Crippen molar-refractivity contribution in [3.8, 4) is 0 Å². The molecule has 0 aromatic carbocycles. The van der Waals surface area contributed by atoms with Gasteiger partial charge in [0.2, 0.25) is 5.89 Å². The lowest BCUT2D eigenvalue weighted by Crippen LogP contribution is -2.31. The molecule has 2 N–H and O–H groups in total. The maximum atomic E-state index is 5.64. The molecule has 0 saturated heterocycles. The van der Waals surface area contributed by atoms with E-state index in [-0.39, 0.29) is 6.04 Å². The van der Waals surface area contributed by atoms with Crippen LogP contribution in [0.1, 0.15) is 25.8 Å². The highest BCUT2D eigenvalue weighted by atomic mass is 32.2. The van der Waals surface area contributed by atoms with Crippen molar-refractivity contribution in [1.82, 2.24) is 10.2 Å². The number of anilines is 1. The minimum Gasteiger partial charge on any atom is -0.406 e. The SMILES string of the molecule is CSCC(C)N(C)c1nnc(C(C)N)o1. The summed E-state index contributed by atoms with van der Waals surface area (Å²) in [5.74, 6) is 1.50. The number of aromatic nitrogens is 2. The molecule has 0 saturated carbocycles. The van der Waals surface area contributed by atoms with Crippen LogP contribution in [-0.4, -0.2) is 35.3 Å². The van der Waals surface area contributed by atoms with Crippen molar-refractivity contribution in [3.63, 3.8) is 0 Å². The first-order chi connectivity index (χ1) is 7.06. The Hall–Kier alpha value is -0.750. The molecule has 1 rings (SSSR count). The van der Waals surface area contributed by atoms with Crippen LogP contribution in [0, 0.1) is 0 Å². The van der Waals surface area contributed by atoms with E-state index in [9.17, 15) is 0 Å². The number of nitrogens with zero attached hydrogens (tertiary/aromatic N) is 3. The van der Waals surface area contributed by atoms with Gasteiger partial charge in [-0.05, 0) is 20.1 Å². The Kier molecular flexibility index (Phi) is 4.41. The molecule has 5 nitrogen and oxygen atoms in total. The fourth-order valence-electron chi connectivity index (χ4n) is 1.09. The molecular formula is C9H18N4OS. The Bertz CT molecular complexity index is 302. The van der Waals surface area contributed by atoms with Crippen LogP contribution in [0.3, 0.4) is 0 Å². The van der Waals surface area contributed by atoms with Crippen LogP contribution >= 0.6 is 11.8 Å². The fraction of sp³-hybridized carbons (Fsp3) is 0.778. The molecule has 15 heavy (non-hydrogen) atoms. The third-order valence-electron chi connectivity index (χ3n) is 2.19. The molecule has 0 aliphatic carbocycles. The quantitative estimate of drug-likeness (QED) is 0.821. The van der Waals surface area contributed by atoms with E-state index in [4.69, 9.17) is 10.2 Å². The summed E-state index contributed by atoms with van der Waals surface area (Å²) in [6.07, 6.45) is 2.07. The van der Waals surface area contributed by atoms with Crippen molar-refractivity contribution < 1.29 is 4.42 Å². The third-order valence-corrected chi connectivity index (χ3v) is 3.01. The molecule has 0 bridgehead atoms. The average molecular weight is 230 g/mol. The zero-order chi connectivity index (χ0) is 11.4. The molecule has 0 aliphatic heterocycles. The lowest BCUT2D eigenvalue weighted by Gasteiger charge is -2.21. The summed E-state index contributed by atoms with van der Waals surface area (Å²) in [5.41, 5.74) is 5.64. The van der Waals surface area contributed by atoms with Crippen molar-refractivity contribution in [2.75, 3.05) is 24.0 Å². The highest BCUT2D eigenvalue weighted by molar-refractivity contribution is 7.98. The first-order valence-electron chi connectivity index (χ1n) is 4.87. The van der Waals surface area contributed by atoms with E-state index in [0.717, 1.165) is 5.75 Å². The molecule has 0 fully saturated rings. The fourth-order valence-corrected chi connectivity index (χ4v) is 1.80. The molecule has 1 aromatic rings. The van der Waals surface area contributed by atoms with Gasteiger partial charge in [-0.2, -0.15) is 11.8 Å². The monoisotopic (exact) mass is 230 g/mol. The molecule has 0 aliphatic rings. The molecule has 1 heterocycles. The summed E-state index contributed by atoms with van der Waals surface area (Å²) in [4.78, 5) is 1.97. The van der Waals surface area contributed by atoms with Gasteiger partial charge < -0.3 is 15.1 Å². The average Bonchev–Trinajstić information content (AvgIpc) is 2.65. The molecule has 0 amide bonds. The number of rotatable bonds is 5. The summed E-state index contributed by atoms with van der Waals surface area (Å²) in [6.45, 7) is 3.94. The van der Waals surface area contributed by atoms with Gasteiger partial charge >= 0.3 is 6.01 Å². The maximum absolute atomic E-state index is 5.64. The first kappa shape index (κ1) is 12.3. The summed E-state index contributed by atoms with van der Waals surface area (Å²) < 4.78 is 5.44. The molecule has 86 valence electrons. The van der Waals surface area contributed by atoms with Gasteiger partial charge in [0.1, 0.15) is 0 Å². The summed E-state index contributed by atoms with van der Waals surface area (Å²) >= 11 is 1.79. The third kappa shape index (κ3) is 3.10. The zero-order valence-corrected chi connectivity index (χ0v) is 10.4. The highest BCUT2D eigenvalue weighted by Crippen LogP contribution is 2.17. The number of thioether (sulfide) groups is 1. The molecular weight excluding hydrogens is 212 g/mol. The number of hydrogen-bond acceptors (Lipinski definition) is 6. The van der Waals surface area contributed by atoms with Gasteiger partial charge in [-0.3, -0.25) is 0 Å². The smallest absolute Gasteiger partial charge is 0.318 e. The van der Waals surface area contributed by atoms with Gasteiger partial charge in [0.05, 0.1) is 6.04 Å². The van der Waals surface area contributed by atoms with E-state index >= 15 is 0 Å². The van der Waals surface area contributed by atoms with Crippen molar-refractivity contribution in [2.45, 2.75) is 25.9 Å². The Morgan fingerprint density at radius 1 is 1.47 bits per heavy atom. The molecule has 2 unspecified atom stereocenters. The van der Waals surface area contributed by atoms with Crippen LogP contribution < -0.4 is 10.6 Å². The van der Waals surface area contributed by atoms with Gasteiger partial charge in [0.25, 0.3) is 0 Å². The van der Waals surface area contributed by atoms with Crippen molar-refractivity contribution in [2.24, 2.45) is 5.73 Å². The van der Waals surface area contributed by atoms with Gasteiger partial charge in [0.15, 0.2) is 0 Å². The second kappa shape index (κ2) is 5.37. The summed E-state index contributed by atoms with van der Waals surface area (Å²) in [5, 5.41) is 7.85. The van der Waals surface area contributed by atoms with Crippen LogP contribution in [-0.2, 0) is 0 Å². The lowest BCUT2D eigenvalue weighted by molar-refractivity contribution is 0.455. The Balaban J connectivity index is 2.69. The predicted octanol–water partition coefficient (Wildman–Crippen LogP) is 1.28. The molecule has 0 spiro atoms. The highest BCUT2D eigenvalue weighted by Gasteiger charge is 2.17. The Morgan fingerprint density at radius 3 is 2.60 bits per heavy atom. The Labute approximate surface area is 94.4 Å². The Morgan fingerprint density at radius 2 is 2.13 bits per heavy atom. The lowest BCUT2D eigenvalue weighted by atomic mass is 10.4. The van der Waals surface area contributed by atoms with Crippen molar-refractivity contribution in [3.05, 3.63) is 5.89 Å². The summed E-state index contributed by atoms with van der Waals surface area (Å²) in [6, 6.07) is 0.681. The van der Waals surface area contributed by atoms with Crippen LogP contribution in [0.2, 0.25) is 0 Å². The normalized spacial score (nSPS) is 15.0. The second-order valence-electron chi connectivity index (χ2n) is 3.63. The van der Waals surface area contributed by atoms with E-state index in [1.54, 1.807) is 11.8 Å².